The molecule has 2 unspecified atom stereocenters. The molecule has 0 heterocycles. The van der Waals surface area contributed by atoms with Crippen molar-refractivity contribution in [1.29, 1.82) is 0 Å². The number of hydrogen-bond acceptors (Lipinski definition) is 2. The quantitative estimate of drug-likeness (QED) is 0.547. The van der Waals surface area contributed by atoms with Gasteiger partial charge in [-0.3, -0.25) is 0 Å². The molecule has 3 rings (SSSR count). The van der Waals surface area contributed by atoms with Crippen LogP contribution in [0.25, 0.3) is 0 Å². The molecule has 0 aromatic heterocycles. The van der Waals surface area contributed by atoms with E-state index in [9.17, 15) is 5.11 Å². The summed E-state index contributed by atoms with van der Waals surface area (Å²) in [5.41, 5.74) is 0. The second-order valence-corrected chi connectivity index (χ2v) is 14.5. The topological polar surface area (TPSA) is 29.5 Å². The smallest absolute Gasteiger partial charge is 0.261 e. The van der Waals surface area contributed by atoms with Gasteiger partial charge in [0.2, 0.25) is 0 Å². The van der Waals surface area contributed by atoms with E-state index in [1.165, 1.54) is 29.6 Å². The van der Waals surface area contributed by atoms with Gasteiger partial charge in [0.1, 0.15) is 0 Å². The Morgan fingerprint density at radius 2 is 1.53 bits per heavy atom. The zero-order valence-corrected chi connectivity index (χ0v) is 20.3. The SMILES string of the molecule is C[C@@H](CCO[Si](c1ccccc1)(c1ccccc1)C(C)(C)C)C1CCCC1CCO. The number of hydrogen-bond donors (Lipinski definition) is 1. The van der Waals surface area contributed by atoms with Crippen molar-refractivity contribution in [3.8, 4) is 0 Å². The lowest BCUT2D eigenvalue weighted by Crippen LogP contribution is -2.66. The Bertz CT molecular complexity index is 714. The summed E-state index contributed by atoms with van der Waals surface area (Å²) in [5, 5.41) is 12.2. The van der Waals surface area contributed by atoms with Crippen LogP contribution in [0.2, 0.25) is 5.04 Å². The van der Waals surface area contributed by atoms with Crippen LogP contribution < -0.4 is 10.4 Å². The second-order valence-electron chi connectivity index (χ2n) is 10.1. The number of aliphatic hydroxyl groups is 1. The fraction of sp³-hybridized carbons (Fsp3) is 0.556. The zero-order valence-electron chi connectivity index (χ0n) is 19.3. The molecule has 2 nitrogen and oxygen atoms in total. The van der Waals surface area contributed by atoms with E-state index >= 15 is 0 Å². The van der Waals surface area contributed by atoms with Gasteiger partial charge >= 0.3 is 0 Å². The summed E-state index contributed by atoms with van der Waals surface area (Å²) in [4.78, 5) is 0. The summed E-state index contributed by atoms with van der Waals surface area (Å²) in [5.74, 6) is 2.07. The van der Waals surface area contributed by atoms with Crippen LogP contribution in [-0.2, 0) is 4.43 Å². The van der Waals surface area contributed by atoms with E-state index in [4.69, 9.17) is 4.43 Å². The van der Waals surface area contributed by atoms with Gasteiger partial charge in [-0.2, -0.15) is 0 Å². The highest BCUT2D eigenvalue weighted by atomic mass is 28.4. The van der Waals surface area contributed by atoms with Crippen LogP contribution in [0.3, 0.4) is 0 Å². The van der Waals surface area contributed by atoms with E-state index < -0.39 is 8.32 Å². The van der Waals surface area contributed by atoms with Crippen molar-refractivity contribution in [2.24, 2.45) is 17.8 Å². The molecular formula is C27H40O2Si. The van der Waals surface area contributed by atoms with Gasteiger partial charge in [-0.25, -0.2) is 0 Å². The van der Waals surface area contributed by atoms with Gasteiger partial charge in [-0.15, -0.1) is 0 Å². The summed E-state index contributed by atoms with van der Waals surface area (Å²) in [6.45, 7) is 10.6. The lowest BCUT2D eigenvalue weighted by atomic mass is 9.82. The highest BCUT2D eigenvalue weighted by molar-refractivity contribution is 6.99. The molecule has 1 aliphatic carbocycles. The molecule has 0 saturated heterocycles. The molecule has 164 valence electrons. The number of aliphatic hydroxyl groups excluding tert-OH is 1. The van der Waals surface area contributed by atoms with E-state index in [0.717, 1.165) is 25.4 Å². The Balaban J connectivity index is 1.83. The summed E-state index contributed by atoms with van der Waals surface area (Å²) < 4.78 is 7.08. The maximum atomic E-state index is 9.43. The molecule has 3 heteroatoms. The van der Waals surface area contributed by atoms with E-state index in [0.29, 0.717) is 18.4 Å². The molecule has 2 aromatic rings. The normalized spacial score (nSPS) is 21.0. The molecule has 0 spiro atoms. The summed E-state index contributed by atoms with van der Waals surface area (Å²) in [6, 6.07) is 21.9. The monoisotopic (exact) mass is 424 g/mol. The zero-order chi connectivity index (χ0) is 21.6. The molecule has 0 radical (unpaired) electrons. The van der Waals surface area contributed by atoms with E-state index in [1.807, 2.05) is 0 Å². The Hall–Kier alpha value is -1.42. The second kappa shape index (κ2) is 10.3. The van der Waals surface area contributed by atoms with Gasteiger partial charge in [0, 0.05) is 13.2 Å². The Morgan fingerprint density at radius 3 is 2.03 bits per heavy atom. The molecule has 0 bridgehead atoms. The van der Waals surface area contributed by atoms with Crippen LogP contribution in [0.4, 0.5) is 0 Å². The van der Waals surface area contributed by atoms with Gasteiger partial charge in [0.15, 0.2) is 0 Å². The van der Waals surface area contributed by atoms with Crippen LogP contribution in [0.5, 0.6) is 0 Å². The minimum Gasteiger partial charge on any atom is -0.407 e. The molecule has 3 atom stereocenters. The van der Waals surface area contributed by atoms with Crippen molar-refractivity contribution in [1.82, 2.24) is 0 Å². The minimum atomic E-state index is -2.43. The molecular weight excluding hydrogens is 384 g/mol. The average Bonchev–Trinajstić information content (AvgIpc) is 3.20. The molecule has 2 aromatic carbocycles. The molecule has 1 fully saturated rings. The molecule has 0 amide bonds. The van der Waals surface area contributed by atoms with Crippen molar-refractivity contribution in [2.75, 3.05) is 13.2 Å². The van der Waals surface area contributed by atoms with Crippen molar-refractivity contribution in [3.63, 3.8) is 0 Å². The molecule has 30 heavy (non-hydrogen) atoms. The first kappa shape index (κ1) is 23.2. The molecule has 1 saturated carbocycles. The third-order valence-corrected chi connectivity index (χ3v) is 12.3. The fourth-order valence-electron chi connectivity index (χ4n) is 5.71. The molecule has 1 aliphatic rings. The largest absolute Gasteiger partial charge is 0.407 e. The maximum absolute atomic E-state index is 9.43. The van der Waals surface area contributed by atoms with Gasteiger partial charge in [0.05, 0.1) is 0 Å². The lowest BCUT2D eigenvalue weighted by molar-refractivity contribution is 0.179. The molecule has 0 aliphatic heterocycles. The average molecular weight is 425 g/mol. The van der Waals surface area contributed by atoms with Crippen molar-refractivity contribution >= 4 is 18.7 Å². The Labute approximate surface area is 184 Å². The highest BCUT2D eigenvalue weighted by Crippen LogP contribution is 2.41. The predicted molar refractivity (Wildman–Crippen MR) is 130 cm³/mol. The predicted octanol–water partition coefficient (Wildman–Crippen LogP) is 5.39. The van der Waals surface area contributed by atoms with Crippen molar-refractivity contribution in [3.05, 3.63) is 60.7 Å². The first-order valence-electron chi connectivity index (χ1n) is 11.8. The first-order valence-corrected chi connectivity index (χ1v) is 13.7. The molecule has 1 N–H and O–H groups in total. The van der Waals surface area contributed by atoms with E-state index in [2.05, 4.69) is 88.4 Å². The van der Waals surface area contributed by atoms with Crippen molar-refractivity contribution < 1.29 is 9.53 Å². The maximum Gasteiger partial charge on any atom is 0.261 e. The third kappa shape index (κ3) is 4.90. The van der Waals surface area contributed by atoms with Crippen molar-refractivity contribution in [2.45, 2.75) is 64.8 Å². The summed E-state index contributed by atoms with van der Waals surface area (Å²) >= 11 is 0. The standard InChI is InChI=1S/C27H40O2Si/c1-22(26-17-11-12-23(26)18-20-28)19-21-29-30(27(2,3)4,24-13-7-5-8-14-24)25-15-9-6-10-16-25/h5-10,13-16,22-23,26,28H,11-12,17-21H2,1-4H3/t22-,23?,26?/m0/s1. The third-order valence-electron chi connectivity index (χ3n) is 7.26. The van der Waals surface area contributed by atoms with E-state index in [1.54, 1.807) is 0 Å². The minimum absolute atomic E-state index is 0.0335. The van der Waals surface area contributed by atoms with Gasteiger partial charge < -0.3 is 9.53 Å². The Kier molecular flexibility index (Phi) is 7.95. The van der Waals surface area contributed by atoms with Crippen LogP contribution >= 0.6 is 0 Å². The van der Waals surface area contributed by atoms with Crippen LogP contribution in [0, 0.1) is 17.8 Å². The van der Waals surface area contributed by atoms with Gasteiger partial charge in [-0.05, 0) is 52.4 Å². The fourth-order valence-corrected chi connectivity index (χ4v) is 10.3. The van der Waals surface area contributed by atoms with Gasteiger partial charge in [-0.1, -0.05) is 101 Å². The van der Waals surface area contributed by atoms with Crippen LogP contribution in [0.15, 0.2) is 60.7 Å². The Morgan fingerprint density at radius 1 is 0.967 bits per heavy atom. The highest BCUT2D eigenvalue weighted by Gasteiger charge is 2.50. The summed E-state index contributed by atoms with van der Waals surface area (Å²) in [7, 11) is -2.43. The number of rotatable bonds is 9. The number of benzene rings is 2. The van der Waals surface area contributed by atoms with E-state index in [-0.39, 0.29) is 5.04 Å². The van der Waals surface area contributed by atoms with Crippen LogP contribution in [-0.4, -0.2) is 26.6 Å². The van der Waals surface area contributed by atoms with Gasteiger partial charge in [0.25, 0.3) is 8.32 Å². The first-order chi connectivity index (χ1) is 14.4. The van der Waals surface area contributed by atoms with Crippen LogP contribution in [0.1, 0.15) is 59.8 Å². The lowest BCUT2D eigenvalue weighted by Gasteiger charge is -2.43. The summed E-state index contributed by atoms with van der Waals surface area (Å²) in [6.07, 6.45) is 5.97.